The van der Waals surface area contributed by atoms with Gasteiger partial charge in [0, 0.05) is 0 Å². The van der Waals surface area contributed by atoms with Gasteiger partial charge < -0.3 is 4.74 Å². The van der Waals surface area contributed by atoms with Gasteiger partial charge in [-0.2, -0.15) is 5.10 Å². The van der Waals surface area contributed by atoms with E-state index in [2.05, 4.69) is 23.2 Å². The monoisotopic (exact) mass is 374 g/mol. The van der Waals surface area contributed by atoms with Gasteiger partial charge in [0.05, 0.1) is 11.3 Å². The van der Waals surface area contributed by atoms with Gasteiger partial charge >= 0.3 is 0 Å². The Hall–Kier alpha value is -3.14. The number of hydrogen-bond donors (Lipinski definition) is 1. The third-order valence-electron chi connectivity index (χ3n) is 4.96. The van der Waals surface area contributed by atoms with Gasteiger partial charge in [-0.15, -0.1) is 0 Å². The van der Waals surface area contributed by atoms with E-state index in [4.69, 9.17) is 4.74 Å². The zero-order chi connectivity index (χ0) is 19.9. The number of allylic oxidation sites excluding steroid dienone is 3. The minimum Gasteiger partial charge on any atom is -0.488 e. The Morgan fingerprint density at radius 1 is 1.18 bits per heavy atom. The molecule has 2 aromatic carbocycles. The molecule has 0 spiro atoms. The summed E-state index contributed by atoms with van der Waals surface area (Å²) in [6, 6.07) is 17.1. The molecule has 1 atom stereocenters. The van der Waals surface area contributed by atoms with Crippen LogP contribution in [0, 0.1) is 5.92 Å². The van der Waals surface area contributed by atoms with Crippen LogP contribution in [-0.4, -0.2) is 11.6 Å². The molecule has 2 aromatic rings. The number of ether oxygens (including phenoxy) is 1. The molecule has 0 unspecified atom stereocenters. The highest BCUT2D eigenvalue weighted by molar-refractivity contribution is 6.03. The third kappa shape index (κ3) is 4.97. The number of benzene rings is 2. The Bertz CT molecular complexity index is 913. The molecule has 0 radical (unpaired) electrons. The lowest BCUT2D eigenvalue weighted by Crippen LogP contribution is -2.23. The summed E-state index contributed by atoms with van der Waals surface area (Å²) in [7, 11) is 0. The molecule has 0 saturated heterocycles. The van der Waals surface area contributed by atoms with E-state index in [-0.39, 0.29) is 5.91 Å². The zero-order valence-corrected chi connectivity index (χ0v) is 16.4. The van der Waals surface area contributed by atoms with Crippen LogP contribution in [0.3, 0.4) is 0 Å². The summed E-state index contributed by atoms with van der Waals surface area (Å²) in [5.74, 6) is 0.641. The summed E-state index contributed by atoms with van der Waals surface area (Å²) in [5.41, 5.74) is 7.36. The van der Waals surface area contributed by atoms with Gasteiger partial charge in [-0.1, -0.05) is 60.7 Å². The predicted octanol–water partition coefficient (Wildman–Crippen LogP) is 5.28. The van der Waals surface area contributed by atoms with Crippen molar-refractivity contribution in [1.82, 2.24) is 5.43 Å². The first-order chi connectivity index (χ1) is 13.5. The normalized spacial score (nSPS) is 17.7. The van der Waals surface area contributed by atoms with Crippen LogP contribution in [0.5, 0.6) is 5.75 Å². The van der Waals surface area contributed by atoms with Crippen molar-refractivity contribution in [2.45, 2.75) is 33.3 Å². The summed E-state index contributed by atoms with van der Waals surface area (Å²) in [4.78, 5) is 12.7. The average molecular weight is 374 g/mol. The Kier molecular flexibility index (Phi) is 6.43. The lowest BCUT2D eigenvalue weighted by Gasteiger charge is -2.22. The van der Waals surface area contributed by atoms with Crippen molar-refractivity contribution in [1.29, 1.82) is 0 Å². The molecule has 0 heterocycles. The van der Waals surface area contributed by atoms with E-state index in [1.807, 2.05) is 56.3 Å². The predicted molar refractivity (Wildman–Crippen MR) is 113 cm³/mol. The van der Waals surface area contributed by atoms with Crippen molar-refractivity contribution in [3.63, 3.8) is 0 Å². The van der Waals surface area contributed by atoms with E-state index in [9.17, 15) is 4.79 Å². The van der Waals surface area contributed by atoms with E-state index in [0.717, 1.165) is 35.3 Å². The van der Waals surface area contributed by atoms with Crippen LogP contribution in [0.2, 0.25) is 0 Å². The minimum atomic E-state index is -0.276. The molecular formula is C24H26N2O2. The maximum atomic E-state index is 12.7. The van der Waals surface area contributed by atoms with Gasteiger partial charge in [0.25, 0.3) is 5.91 Å². The average Bonchev–Trinajstić information content (AvgIpc) is 2.72. The fourth-order valence-corrected chi connectivity index (χ4v) is 3.12. The second-order valence-electron chi connectivity index (χ2n) is 7.14. The van der Waals surface area contributed by atoms with E-state index in [1.54, 1.807) is 12.1 Å². The molecule has 1 aliphatic carbocycles. The first-order valence-electron chi connectivity index (χ1n) is 9.49. The number of nitrogens with one attached hydrogen (secondary N) is 1. The number of carbonyl (C=O) groups excluding carboxylic acids is 1. The molecule has 0 fully saturated rings. The quantitative estimate of drug-likeness (QED) is 0.552. The third-order valence-corrected chi connectivity index (χ3v) is 4.96. The topological polar surface area (TPSA) is 50.7 Å². The zero-order valence-electron chi connectivity index (χ0n) is 16.4. The Balaban J connectivity index is 1.70. The highest BCUT2D eigenvalue weighted by Crippen LogP contribution is 2.26. The number of hydrazone groups is 1. The van der Waals surface area contributed by atoms with Crippen molar-refractivity contribution in [2.24, 2.45) is 11.0 Å². The molecule has 1 aliphatic rings. The van der Waals surface area contributed by atoms with E-state index < -0.39 is 0 Å². The minimum absolute atomic E-state index is 0.276. The van der Waals surface area contributed by atoms with Gasteiger partial charge in [-0.05, 0) is 55.9 Å². The second kappa shape index (κ2) is 9.18. The summed E-state index contributed by atoms with van der Waals surface area (Å²) in [6.45, 7) is 8.52. The van der Waals surface area contributed by atoms with Crippen LogP contribution in [0.1, 0.15) is 42.6 Å². The number of amides is 1. The van der Waals surface area contributed by atoms with Gasteiger partial charge in [0.15, 0.2) is 0 Å². The van der Waals surface area contributed by atoms with Crippen LogP contribution in [0.15, 0.2) is 83.5 Å². The summed E-state index contributed by atoms with van der Waals surface area (Å²) >= 11 is 0. The number of para-hydroxylation sites is 1. The summed E-state index contributed by atoms with van der Waals surface area (Å²) in [6.07, 6.45) is 3.93. The van der Waals surface area contributed by atoms with Crippen LogP contribution in [0.25, 0.3) is 0 Å². The molecule has 4 heteroatoms. The molecule has 28 heavy (non-hydrogen) atoms. The molecular weight excluding hydrogens is 348 g/mol. The molecule has 1 N–H and O–H groups in total. The standard InChI is InChI=1S/C24H26N2O2/c1-17(2)20-14-13-18(3)22(15-20)25-26-24(27)21-11-7-8-12-23(21)28-16-19-9-5-4-6-10-19/h4-13,20H,1,14-16H2,2-3H3,(H,26,27)/b25-22-/t20-/m0/s1. The molecule has 0 aromatic heterocycles. The molecule has 0 bridgehead atoms. The van der Waals surface area contributed by atoms with Crippen LogP contribution < -0.4 is 10.2 Å². The molecule has 3 rings (SSSR count). The van der Waals surface area contributed by atoms with Crippen molar-refractivity contribution >= 4 is 11.6 Å². The number of rotatable bonds is 6. The largest absolute Gasteiger partial charge is 0.488 e. The molecule has 4 nitrogen and oxygen atoms in total. The van der Waals surface area contributed by atoms with Gasteiger partial charge in [-0.3, -0.25) is 4.79 Å². The SMILES string of the molecule is C=C(C)[C@H]1CC=C(C)/C(=N\NC(=O)c2ccccc2OCc2ccccc2)C1. The number of hydrogen-bond acceptors (Lipinski definition) is 3. The van der Waals surface area contributed by atoms with Crippen LogP contribution in [0.4, 0.5) is 0 Å². The smallest absolute Gasteiger partial charge is 0.275 e. The Labute approximate surface area is 166 Å². The molecule has 144 valence electrons. The van der Waals surface area contributed by atoms with E-state index in [0.29, 0.717) is 23.8 Å². The van der Waals surface area contributed by atoms with Gasteiger partial charge in [0.2, 0.25) is 0 Å². The van der Waals surface area contributed by atoms with Gasteiger partial charge in [-0.25, -0.2) is 5.43 Å². The van der Waals surface area contributed by atoms with Crippen LogP contribution in [-0.2, 0) is 6.61 Å². The summed E-state index contributed by atoms with van der Waals surface area (Å²) < 4.78 is 5.87. The highest BCUT2D eigenvalue weighted by Gasteiger charge is 2.19. The van der Waals surface area contributed by atoms with E-state index in [1.165, 1.54) is 0 Å². The van der Waals surface area contributed by atoms with Crippen molar-refractivity contribution < 1.29 is 9.53 Å². The lowest BCUT2D eigenvalue weighted by atomic mass is 9.85. The fraction of sp³-hybridized carbons (Fsp3) is 0.250. The molecule has 1 amide bonds. The van der Waals surface area contributed by atoms with Crippen molar-refractivity contribution in [3.8, 4) is 5.75 Å². The van der Waals surface area contributed by atoms with Crippen molar-refractivity contribution in [2.75, 3.05) is 0 Å². The fourth-order valence-electron chi connectivity index (χ4n) is 3.12. The van der Waals surface area contributed by atoms with Crippen LogP contribution >= 0.6 is 0 Å². The number of carbonyl (C=O) groups is 1. The highest BCUT2D eigenvalue weighted by atomic mass is 16.5. The van der Waals surface area contributed by atoms with E-state index >= 15 is 0 Å². The molecule has 0 aliphatic heterocycles. The molecule has 0 saturated carbocycles. The first-order valence-corrected chi connectivity index (χ1v) is 9.49. The first kappa shape index (κ1) is 19.6. The number of nitrogens with zero attached hydrogens (tertiary/aromatic N) is 1. The lowest BCUT2D eigenvalue weighted by molar-refractivity contribution is 0.0950. The van der Waals surface area contributed by atoms with Crippen molar-refractivity contribution in [3.05, 3.63) is 89.5 Å². The maximum absolute atomic E-state index is 12.7. The Morgan fingerprint density at radius 3 is 2.64 bits per heavy atom. The Morgan fingerprint density at radius 2 is 1.89 bits per heavy atom. The second-order valence-corrected chi connectivity index (χ2v) is 7.14. The van der Waals surface area contributed by atoms with Gasteiger partial charge in [0.1, 0.15) is 12.4 Å². The summed E-state index contributed by atoms with van der Waals surface area (Å²) in [5, 5.41) is 4.38. The maximum Gasteiger partial charge on any atom is 0.275 e.